The summed E-state index contributed by atoms with van der Waals surface area (Å²) in [5.74, 6) is 1.84. The van der Waals surface area contributed by atoms with Crippen LogP contribution in [0.3, 0.4) is 0 Å². The van der Waals surface area contributed by atoms with Gasteiger partial charge in [-0.05, 0) is 52.1 Å². The summed E-state index contributed by atoms with van der Waals surface area (Å²) >= 11 is 0. The zero-order valence-corrected chi connectivity index (χ0v) is 21.1. The average Bonchev–Trinajstić information content (AvgIpc) is 2.99. The van der Waals surface area contributed by atoms with Crippen molar-refractivity contribution in [3.05, 3.63) is 155 Å². The lowest BCUT2D eigenvalue weighted by Crippen LogP contribution is -2.04. The van der Waals surface area contributed by atoms with Gasteiger partial charge in [-0.1, -0.05) is 103 Å². The fourth-order valence-electron chi connectivity index (χ4n) is 3.92. The van der Waals surface area contributed by atoms with Crippen molar-refractivity contribution >= 4 is 12.2 Å². The van der Waals surface area contributed by atoms with E-state index in [4.69, 9.17) is 14.2 Å². The molecule has 5 rings (SSSR count). The first-order valence-electron chi connectivity index (χ1n) is 12.6. The minimum Gasteiger partial charge on any atom is -0.485 e. The molecule has 0 aliphatic heterocycles. The molecule has 0 saturated carbocycles. The summed E-state index contributed by atoms with van der Waals surface area (Å²) in [6.45, 7) is 1.23. The quantitative estimate of drug-likeness (QED) is 0.185. The molecule has 0 saturated heterocycles. The highest BCUT2D eigenvalue weighted by atomic mass is 16.5. The molecule has 0 spiro atoms. The summed E-state index contributed by atoms with van der Waals surface area (Å²) in [5.41, 5.74) is 5.22. The van der Waals surface area contributed by atoms with Crippen LogP contribution in [0.1, 0.15) is 27.8 Å². The number of rotatable bonds is 11. The first kappa shape index (κ1) is 24.8. The normalized spacial score (nSPS) is 10.8. The lowest BCUT2D eigenvalue weighted by Gasteiger charge is -2.18. The van der Waals surface area contributed by atoms with Gasteiger partial charge < -0.3 is 14.2 Å². The van der Waals surface area contributed by atoms with Gasteiger partial charge in [0, 0.05) is 12.4 Å². The maximum atomic E-state index is 6.37. The molecule has 0 unspecified atom stereocenters. The van der Waals surface area contributed by atoms with E-state index >= 15 is 0 Å². The molecule has 0 atom stereocenters. The minimum absolute atomic E-state index is 0.399. The molecule has 0 N–H and O–H groups in total. The third-order valence-electron chi connectivity index (χ3n) is 5.92. The first-order chi connectivity index (χ1) is 18.8. The molecule has 0 fully saturated rings. The summed E-state index contributed by atoms with van der Waals surface area (Å²) in [6.07, 6.45) is 7.65. The van der Waals surface area contributed by atoms with Gasteiger partial charge in [0.1, 0.15) is 19.8 Å². The smallest absolute Gasteiger partial charge is 0.203 e. The number of pyridine rings is 1. The SMILES string of the molecule is C(=C\c1cc(OCc2ccccc2)c(OCc2ccccc2)c(OCc2ccccc2)c1)/c1ccncc1. The molecule has 0 bridgehead atoms. The molecule has 4 aromatic carbocycles. The van der Waals surface area contributed by atoms with E-state index in [0.717, 1.165) is 27.8 Å². The van der Waals surface area contributed by atoms with Crippen LogP contribution in [-0.4, -0.2) is 4.98 Å². The highest BCUT2D eigenvalue weighted by molar-refractivity contribution is 5.72. The van der Waals surface area contributed by atoms with Gasteiger partial charge in [0.05, 0.1) is 0 Å². The van der Waals surface area contributed by atoms with Crippen LogP contribution in [-0.2, 0) is 19.8 Å². The molecule has 4 heteroatoms. The van der Waals surface area contributed by atoms with Gasteiger partial charge in [-0.15, -0.1) is 0 Å². The predicted octanol–water partition coefficient (Wildman–Crippen LogP) is 7.99. The van der Waals surface area contributed by atoms with Crippen molar-refractivity contribution in [3.8, 4) is 17.2 Å². The number of ether oxygens (including phenoxy) is 3. The average molecular weight is 500 g/mol. The van der Waals surface area contributed by atoms with Crippen LogP contribution in [0.4, 0.5) is 0 Å². The molecule has 38 heavy (non-hydrogen) atoms. The zero-order chi connectivity index (χ0) is 25.8. The standard InChI is InChI=1S/C34H29NO3/c1-4-10-28(11-5-1)24-36-32-22-31(17-16-27-18-20-35-21-19-27)23-33(37-25-29-12-6-2-7-13-29)34(32)38-26-30-14-8-3-9-15-30/h1-23H,24-26H2/b17-16+. The van der Waals surface area contributed by atoms with Gasteiger partial charge in [0.25, 0.3) is 0 Å². The Morgan fingerprint density at radius 3 is 1.37 bits per heavy atom. The van der Waals surface area contributed by atoms with Crippen molar-refractivity contribution in [3.63, 3.8) is 0 Å². The van der Waals surface area contributed by atoms with Crippen molar-refractivity contribution in [2.24, 2.45) is 0 Å². The Morgan fingerprint density at radius 1 is 0.474 bits per heavy atom. The van der Waals surface area contributed by atoms with Crippen LogP contribution in [0.25, 0.3) is 12.2 Å². The van der Waals surface area contributed by atoms with E-state index in [2.05, 4.69) is 4.98 Å². The van der Waals surface area contributed by atoms with Gasteiger partial charge in [0.15, 0.2) is 11.5 Å². The first-order valence-corrected chi connectivity index (χ1v) is 12.6. The van der Waals surface area contributed by atoms with E-state index < -0.39 is 0 Å². The monoisotopic (exact) mass is 499 g/mol. The maximum Gasteiger partial charge on any atom is 0.203 e. The lowest BCUT2D eigenvalue weighted by molar-refractivity contribution is 0.230. The number of hydrogen-bond acceptors (Lipinski definition) is 4. The van der Waals surface area contributed by atoms with E-state index in [9.17, 15) is 0 Å². The Balaban J connectivity index is 1.49. The van der Waals surface area contributed by atoms with Crippen LogP contribution in [0.5, 0.6) is 17.2 Å². The molecular weight excluding hydrogens is 470 g/mol. The van der Waals surface area contributed by atoms with Crippen molar-refractivity contribution in [1.82, 2.24) is 4.98 Å². The Kier molecular flexibility index (Phi) is 8.45. The van der Waals surface area contributed by atoms with Crippen molar-refractivity contribution < 1.29 is 14.2 Å². The molecule has 188 valence electrons. The Bertz CT molecular complexity index is 1370. The van der Waals surface area contributed by atoms with Crippen LogP contribution in [0, 0.1) is 0 Å². The van der Waals surface area contributed by atoms with Gasteiger partial charge in [-0.3, -0.25) is 4.98 Å². The predicted molar refractivity (Wildman–Crippen MR) is 152 cm³/mol. The summed E-state index contributed by atoms with van der Waals surface area (Å²) in [7, 11) is 0. The minimum atomic E-state index is 0.399. The van der Waals surface area contributed by atoms with E-state index in [-0.39, 0.29) is 0 Å². The second-order valence-corrected chi connectivity index (χ2v) is 8.78. The van der Waals surface area contributed by atoms with Crippen LogP contribution in [0.2, 0.25) is 0 Å². The summed E-state index contributed by atoms with van der Waals surface area (Å²) < 4.78 is 19.1. The molecule has 0 radical (unpaired) electrons. The topological polar surface area (TPSA) is 40.6 Å². The van der Waals surface area contributed by atoms with Crippen LogP contribution < -0.4 is 14.2 Å². The molecule has 0 aliphatic carbocycles. The molecule has 0 amide bonds. The van der Waals surface area contributed by atoms with Crippen molar-refractivity contribution in [2.75, 3.05) is 0 Å². The third kappa shape index (κ3) is 7.11. The van der Waals surface area contributed by atoms with Gasteiger partial charge in [0.2, 0.25) is 5.75 Å². The van der Waals surface area contributed by atoms with Crippen LogP contribution >= 0.6 is 0 Å². The Hall–Kier alpha value is -4.83. The van der Waals surface area contributed by atoms with Gasteiger partial charge in [-0.2, -0.15) is 0 Å². The van der Waals surface area contributed by atoms with E-state index in [1.807, 2.05) is 127 Å². The number of hydrogen-bond donors (Lipinski definition) is 0. The molecule has 0 aliphatic rings. The lowest BCUT2D eigenvalue weighted by atomic mass is 10.1. The van der Waals surface area contributed by atoms with Crippen LogP contribution in [0.15, 0.2) is 128 Å². The molecule has 4 nitrogen and oxygen atoms in total. The molecule has 1 heterocycles. The molecular formula is C34H29NO3. The van der Waals surface area contributed by atoms with E-state index in [0.29, 0.717) is 37.1 Å². The fourth-order valence-corrected chi connectivity index (χ4v) is 3.92. The van der Waals surface area contributed by atoms with Crippen molar-refractivity contribution in [1.29, 1.82) is 0 Å². The summed E-state index contributed by atoms with van der Waals surface area (Å²) in [4.78, 5) is 4.10. The number of benzene rings is 4. The third-order valence-corrected chi connectivity index (χ3v) is 5.92. The second kappa shape index (κ2) is 12.9. The summed E-state index contributed by atoms with van der Waals surface area (Å²) in [5, 5.41) is 0. The highest BCUT2D eigenvalue weighted by Gasteiger charge is 2.16. The highest BCUT2D eigenvalue weighted by Crippen LogP contribution is 2.41. The Labute approximate surface area is 223 Å². The van der Waals surface area contributed by atoms with Crippen molar-refractivity contribution in [2.45, 2.75) is 19.8 Å². The van der Waals surface area contributed by atoms with E-state index in [1.165, 1.54) is 0 Å². The zero-order valence-electron chi connectivity index (χ0n) is 21.1. The van der Waals surface area contributed by atoms with Gasteiger partial charge >= 0.3 is 0 Å². The molecule has 1 aromatic heterocycles. The fraction of sp³-hybridized carbons (Fsp3) is 0.0882. The second-order valence-electron chi connectivity index (χ2n) is 8.78. The largest absolute Gasteiger partial charge is 0.485 e. The van der Waals surface area contributed by atoms with E-state index in [1.54, 1.807) is 12.4 Å². The van der Waals surface area contributed by atoms with Gasteiger partial charge in [-0.25, -0.2) is 0 Å². The number of nitrogens with zero attached hydrogens (tertiary/aromatic N) is 1. The Morgan fingerprint density at radius 2 is 0.895 bits per heavy atom. The maximum absolute atomic E-state index is 6.37. The number of aromatic nitrogens is 1. The molecule has 5 aromatic rings. The summed E-state index contributed by atoms with van der Waals surface area (Å²) in [6, 6.07) is 38.2.